The topological polar surface area (TPSA) is 33.0 Å². The van der Waals surface area contributed by atoms with Crippen LogP contribution in [0.5, 0.6) is 5.75 Å². The van der Waals surface area contributed by atoms with Crippen LogP contribution in [0.4, 0.5) is 0 Å². The largest absolute Gasteiger partial charge is 0.492 e. The second-order valence-corrected chi connectivity index (χ2v) is 5.04. The highest BCUT2D eigenvalue weighted by molar-refractivity contribution is 6.32. The van der Waals surface area contributed by atoms with E-state index >= 15 is 0 Å². The fraction of sp³-hybridized carbons (Fsp3) is 0.533. The summed E-state index contributed by atoms with van der Waals surface area (Å²) in [6, 6.07) is 8.13. The van der Waals surface area contributed by atoms with Gasteiger partial charge in [-0.25, -0.2) is 0 Å². The Morgan fingerprint density at radius 3 is 2.56 bits per heavy atom. The number of rotatable bonds is 6. The van der Waals surface area contributed by atoms with Gasteiger partial charge >= 0.3 is 0 Å². The van der Waals surface area contributed by atoms with E-state index in [0.717, 1.165) is 24.8 Å². The summed E-state index contributed by atoms with van der Waals surface area (Å²) in [5, 5.41) is 9.86. The van der Waals surface area contributed by atoms with E-state index < -0.39 is 0 Å². The Kier molecular flexibility index (Phi) is 5.50. The maximum absolute atomic E-state index is 9.24. The molecule has 1 aromatic carbocycles. The van der Waals surface area contributed by atoms with Gasteiger partial charge < -0.3 is 4.74 Å². The van der Waals surface area contributed by atoms with Gasteiger partial charge in [-0.15, -0.1) is 0 Å². The summed E-state index contributed by atoms with van der Waals surface area (Å²) < 4.78 is 5.70. The second kappa shape index (κ2) is 6.66. The minimum atomic E-state index is -0.268. The molecule has 0 aliphatic carbocycles. The van der Waals surface area contributed by atoms with Crippen LogP contribution in [0.3, 0.4) is 0 Å². The normalized spacial score (nSPS) is 11.1. The van der Waals surface area contributed by atoms with Crippen LogP contribution in [0.1, 0.15) is 38.7 Å². The number of hydrogen-bond donors (Lipinski definition) is 0. The van der Waals surface area contributed by atoms with Crippen LogP contribution in [0.15, 0.2) is 18.2 Å². The second-order valence-electron chi connectivity index (χ2n) is 4.63. The predicted octanol–water partition coefficient (Wildman–Crippen LogP) is 4.75. The quantitative estimate of drug-likeness (QED) is 0.744. The lowest BCUT2D eigenvalue weighted by molar-refractivity contribution is 0.231. The average molecular weight is 266 g/mol. The zero-order valence-corrected chi connectivity index (χ0v) is 12.0. The third-order valence-corrected chi connectivity index (χ3v) is 3.83. The first-order valence-electron chi connectivity index (χ1n) is 6.37. The van der Waals surface area contributed by atoms with Crippen molar-refractivity contribution in [2.45, 2.75) is 40.0 Å². The number of benzene rings is 1. The number of aryl methyl sites for hydroxylation is 1. The number of hydrogen-bond acceptors (Lipinski definition) is 2. The summed E-state index contributed by atoms with van der Waals surface area (Å²) >= 11 is 6.06. The van der Waals surface area contributed by atoms with Crippen LogP contribution in [0.25, 0.3) is 0 Å². The van der Waals surface area contributed by atoms with Crippen molar-refractivity contribution in [3.05, 3.63) is 28.8 Å². The van der Waals surface area contributed by atoms with Crippen LogP contribution >= 0.6 is 11.6 Å². The Bertz CT molecular complexity index is 433. The molecule has 0 radical (unpaired) electrons. The first-order chi connectivity index (χ1) is 8.56. The molecule has 0 aromatic heterocycles. The van der Waals surface area contributed by atoms with Gasteiger partial charge in [0.1, 0.15) is 5.75 Å². The summed E-state index contributed by atoms with van der Waals surface area (Å²) in [5.41, 5.74) is 0.850. The Morgan fingerprint density at radius 1 is 1.33 bits per heavy atom. The minimum absolute atomic E-state index is 0.268. The maximum atomic E-state index is 9.24. The molecule has 0 heterocycles. The van der Waals surface area contributed by atoms with Crippen LogP contribution in [-0.4, -0.2) is 6.61 Å². The predicted molar refractivity (Wildman–Crippen MR) is 74.9 cm³/mol. The van der Waals surface area contributed by atoms with Gasteiger partial charge in [0.2, 0.25) is 0 Å². The van der Waals surface area contributed by atoms with Crippen molar-refractivity contribution in [2.24, 2.45) is 5.41 Å². The first kappa shape index (κ1) is 14.9. The molecule has 0 fully saturated rings. The van der Waals surface area contributed by atoms with E-state index in [2.05, 4.69) is 6.07 Å². The Hall–Kier alpha value is -1.20. The summed E-state index contributed by atoms with van der Waals surface area (Å²) in [7, 11) is 0. The van der Waals surface area contributed by atoms with Crippen LogP contribution in [0.2, 0.25) is 5.02 Å². The van der Waals surface area contributed by atoms with Gasteiger partial charge in [-0.2, -0.15) is 5.26 Å². The van der Waals surface area contributed by atoms with E-state index in [0.29, 0.717) is 17.4 Å². The van der Waals surface area contributed by atoms with E-state index in [1.54, 1.807) is 0 Å². The third-order valence-electron chi connectivity index (χ3n) is 3.52. The molecule has 1 aromatic rings. The number of nitrogens with zero attached hydrogens (tertiary/aromatic N) is 1. The molecule has 0 N–H and O–H groups in total. The maximum Gasteiger partial charge on any atom is 0.138 e. The molecule has 98 valence electrons. The SMILES string of the molecule is CCC(C#N)(CC)CCOc1cc(C)ccc1Cl. The molecule has 0 aliphatic rings. The van der Waals surface area contributed by atoms with Crippen LogP contribution in [-0.2, 0) is 0 Å². The fourth-order valence-corrected chi connectivity index (χ4v) is 2.07. The van der Waals surface area contributed by atoms with Gasteiger partial charge in [0, 0.05) is 6.42 Å². The molecule has 0 bridgehead atoms. The lowest BCUT2D eigenvalue weighted by Crippen LogP contribution is -2.19. The monoisotopic (exact) mass is 265 g/mol. The Morgan fingerprint density at radius 2 is 2.00 bits per heavy atom. The van der Waals surface area contributed by atoms with Crippen molar-refractivity contribution in [1.29, 1.82) is 5.26 Å². The third kappa shape index (κ3) is 3.65. The highest BCUT2D eigenvalue weighted by atomic mass is 35.5. The molecule has 0 unspecified atom stereocenters. The highest BCUT2D eigenvalue weighted by Gasteiger charge is 2.25. The molecule has 2 nitrogen and oxygen atoms in total. The lowest BCUT2D eigenvalue weighted by Gasteiger charge is -2.23. The fourth-order valence-electron chi connectivity index (χ4n) is 1.90. The zero-order chi connectivity index (χ0) is 13.6. The molecule has 0 atom stereocenters. The lowest BCUT2D eigenvalue weighted by atomic mass is 9.81. The number of ether oxygens (including phenoxy) is 1. The molecular formula is C15H20ClNO. The summed E-state index contributed by atoms with van der Waals surface area (Å²) in [6.07, 6.45) is 2.44. The van der Waals surface area contributed by atoms with Gasteiger partial charge in [0.25, 0.3) is 0 Å². The minimum Gasteiger partial charge on any atom is -0.492 e. The molecule has 18 heavy (non-hydrogen) atoms. The van der Waals surface area contributed by atoms with Crippen molar-refractivity contribution >= 4 is 11.6 Å². The summed E-state index contributed by atoms with van der Waals surface area (Å²) in [6.45, 7) is 6.62. The van der Waals surface area contributed by atoms with Crippen molar-refractivity contribution in [2.75, 3.05) is 6.61 Å². The van der Waals surface area contributed by atoms with Crippen LogP contribution < -0.4 is 4.74 Å². The van der Waals surface area contributed by atoms with Crippen LogP contribution in [0, 0.1) is 23.7 Å². The Labute approximate surface area is 115 Å². The van der Waals surface area contributed by atoms with Crippen molar-refractivity contribution < 1.29 is 4.74 Å². The zero-order valence-electron chi connectivity index (χ0n) is 11.3. The first-order valence-corrected chi connectivity index (χ1v) is 6.75. The number of nitriles is 1. The van der Waals surface area contributed by atoms with E-state index in [1.165, 1.54) is 0 Å². The highest BCUT2D eigenvalue weighted by Crippen LogP contribution is 2.31. The van der Waals surface area contributed by atoms with Gasteiger partial charge in [0.15, 0.2) is 0 Å². The molecule has 0 saturated carbocycles. The smallest absolute Gasteiger partial charge is 0.138 e. The van der Waals surface area contributed by atoms with Gasteiger partial charge in [-0.3, -0.25) is 0 Å². The average Bonchev–Trinajstić information content (AvgIpc) is 2.39. The van der Waals surface area contributed by atoms with E-state index in [4.69, 9.17) is 16.3 Å². The molecular weight excluding hydrogens is 246 g/mol. The molecule has 1 rings (SSSR count). The van der Waals surface area contributed by atoms with E-state index in [1.807, 2.05) is 39.0 Å². The molecule has 0 spiro atoms. The molecule has 0 amide bonds. The van der Waals surface area contributed by atoms with Crippen molar-refractivity contribution in [3.63, 3.8) is 0 Å². The van der Waals surface area contributed by atoms with Crippen molar-refractivity contribution in [3.8, 4) is 11.8 Å². The van der Waals surface area contributed by atoms with Gasteiger partial charge in [-0.1, -0.05) is 31.5 Å². The molecule has 3 heteroatoms. The number of halogens is 1. The molecule has 0 saturated heterocycles. The van der Waals surface area contributed by atoms with E-state index in [9.17, 15) is 5.26 Å². The van der Waals surface area contributed by atoms with Gasteiger partial charge in [-0.05, 0) is 37.5 Å². The molecule has 0 aliphatic heterocycles. The van der Waals surface area contributed by atoms with Crippen molar-refractivity contribution in [1.82, 2.24) is 0 Å². The summed E-state index contributed by atoms with van der Waals surface area (Å²) in [4.78, 5) is 0. The summed E-state index contributed by atoms with van der Waals surface area (Å²) in [5.74, 6) is 0.704. The standard InChI is InChI=1S/C15H20ClNO/c1-4-15(5-2,11-17)8-9-18-14-10-12(3)6-7-13(14)16/h6-7,10H,4-5,8-9H2,1-3H3. The Balaban J connectivity index is 2.61. The van der Waals surface area contributed by atoms with E-state index in [-0.39, 0.29) is 5.41 Å². The van der Waals surface area contributed by atoms with Gasteiger partial charge in [0.05, 0.1) is 23.1 Å².